The second-order valence-corrected chi connectivity index (χ2v) is 5.17. The molecule has 4 N–H and O–H groups in total. The van der Waals surface area contributed by atoms with Crippen LogP contribution in [0.15, 0.2) is 12.7 Å². The van der Waals surface area contributed by atoms with Crippen LogP contribution in [-0.2, 0) is 0 Å². The van der Waals surface area contributed by atoms with Crippen molar-refractivity contribution in [3.63, 3.8) is 0 Å². The second kappa shape index (κ2) is 4.64. The van der Waals surface area contributed by atoms with E-state index in [1.807, 2.05) is 0 Å². The number of aliphatic hydroxyl groups excluding tert-OH is 3. The third kappa shape index (κ3) is 1.88. The fourth-order valence-corrected chi connectivity index (χ4v) is 2.88. The number of hydrogen-bond acceptors (Lipinski definition) is 6. The topological polar surface area (TPSA) is 107 Å². The van der Waals surface area contributed by atoms with Gasteiger partial charge in [0.05, 0.1) is 24.8 Å². The van der Waals surface area contributed by atoms with Crippen molar-refractivity contribution >= 4 is 23.4 Å². The van der Waals surface area contributed by atoms with Crippen LogP contribution in [-0.4, -0.2) is 53.7 Å². The second-order valence-electron chi connectivity index (χ2n) is 4.78. The number of H-pyrrole nitrogens is 1. The van der Waals surface area contributed by atoms with Crippen molar-refractivity contribution in [2.45, 2.75) is 24.7 Å². The van der Waals surface area contributed by atoms with Crippen LogP contribution in [0.3, 0.4) is 0 Å². The first-order valence-corrected chi connectivity index (χ1v) is 6.41. The van der Waals surface area contributed by atoms with Gasteiger partial charge < -0.3 is 24.9 Å². The van der Waals surface area contributed by atoms with Crippen molar-refractivity contribution in [2.75, 3.05) is 6.61 Å². The molecule has 8 heteroatoms. The van der Waals surface area contributed by atoms with Crippen molar-refractivity contribution in [1.29, 1.82) is 0 Å². The Morgan fingerprint density at radius 2 is 2.16 bits per heavy atom. The highest BCUT2D eigenvalue weighted by molar-refractivity contribution is 7.71. The van der Waals surface area contributed by atoms with E-state index in [2.05, 4.69) is 15.0 Å². The summed E-state index contributed by atoms with van der Waals surface area (Å²) in [5.41, 5.74) is 1.22. The van der Waals surface area contributed by atoms with E-state index in [-0.39, 0.29) is 18.6 Å². The molecule has 1 fully saturated rings. The summed E-state index contributed by atoms with van der Waals surface area (Å²) < 4.78 is 2.13. The smallest absolute Gasteiger partial charge is 0.157 e. The predicted octanol–water partition coefficient (Wildman–Crippen LogP) is -0.236. The summed E-state index contributed by atoms with van der Waals surface area (Å²) in [6.45, 7) is -0.154. The Morgan fingerprint density at radius 1 is 1.37 bits per heavy atom. The molecular weight excluding hydrogens is 268 g/mol. The van der Waals surface area contributed by atoms with Crippen molar-refractivity contribution in [2.24, 2.45) is 5.92 Å². The van der Waals surface area contributed by atoms with Gasteiger partial charge in [0, 0.05) is 12.5 Å². The first-order chi connectivity index (χ1) is 9.13. The molecule has 7 nitrogen and oxygen atoms in total. The highest BCUT2D eigenvalue weighted by Gasteiger charge is 2.42. The van der Waals surface area contributed by atoms with Gasteiger partial charge >= 0.3 is 0 Å². The molecule has 102 valence electrons. The average Bonchev–Trinajstić information content (AvgIpc) is 2.94. The molecular formula is C11H14N4O3S. The van der Waals surface area contributed by atoms with Gasteiger partial charge in [-0.3, -0.25) is 0 Å². The molecule has 1 aliphatic rings. The number of rotatable bonds is 2. The highest BCUT2D eigenvalue weighted by Crippen LogP contribution is 2.36. The quantitative estimate of drug-likeness (QED) is 0.567. The largest absolute Gasteiger partial charge is 0.396 e. The summed E-state index contributed by atoms with van der Waals surface area (Å²) in [5.74, 6) is -0.331. The van der Waals surface area contributed by atoms with Crippen LogP contribution >= 0.6 is 12.2 Å². The summed E-state index contributed by atoms with van der Waals surface area (Å²) in [4.78, 5) is 11.1. The Bertz CT molecular complexity index is 655. The van der Waals surface area contributed by atoms with Crippen molar-refractivity contribution < 1.29 is 15.3 Å². The van der Waals surface area contributed by atoms with E-state index < -0.39 is 12.2 Å². The normalized spacial score (nSPS) is 31.1. The number of nitrogens with zero attached hydrogens (tertiary/aromatic N) is 3. The lowest BCUT2D eigenvalue weighted by Crippen LogP contribution is -2.30. The standard InChI is InChI=1S/C11H14N4O3S/c16-2-5-1-6(9(18)8(5)17)15-4-14-7-10(15)12-3-13-11(7)19/h3-6,8-9,16-18H,1-2H2,(H,12,13,19)/t5-,6-,8-,9+/m0/s1. The van der Waals surface area contributed by atoms with E-state index >= 15 is 0 Å². The van der Waals surface area contributed by atoms with Gasteiger partial charge in [-0.15, -0.1) is 0 Å². The lowest BCUT2D eigenvalue weighted by Gasteiger charge is -2.18. The molecule has 2 aromatic rings. The molecule has 0 radical (unpaired) electrons. The zero-order valence-electron chi connectivity index (χ0n) is 9.97. The van der Waals surface area contributed by atoms with Crippen LogP contribution in [0.2, 0.25) is 0 Å². The minimum absolute atomic E-state index is 0.154. The SMILES string of the molecule is OC[C@@H]1C[C@H](n2cnc3c(=S)nc[nH]c32)[C@@H](O)[C@H]1O. The maximum atomic E-state index is 10.1. The third-order valence-electron chi connectivity index (χ3n) is 3.74. The van der Waals surface area contributed by atoms with Gasteiger partial charge in [-0.2, -0.15) is 0 Å². The number of nitrogens with one attached hydrogen (secondary N) is 1. The van der Waals surface area contributed by atoms with E-state index in [0.29, 0.717) is 22.2 Å². The van der Waals surface area contributed by atoms with Gasteiger partial charge in [0.1, 0.15) is 17.3 Å². The summed E-state index contributed by atoms with van der Waals surface area (Å²) in [5, 5.41) is 29.2. The Labute approximate surface area is 113 Å². The highest BCUT2D eigenvalue weighted by atomic mass is 32.1. The van der Waals surface area contributed by atoms with Gasteiger partial charge in [0.25, 0.3) is 0 Å². The maximum absolute atomic E-state index is 10.1. The molecule has 2 heterocycles. The van der Waals surface area contributed by atoms with Gasteiger partial charge in [-0.1, -0.05) is 12.2 Å². The number of aliphatic hydroxyl groups is 3. The summed E-state index contributed by atoms with van der Waals surface area (Å²) in [6, 6.07) is -0.342. The van der Waals surface area contributed by atoms with Crippen molar-refractivity contribution in [1.82, 2.24) is 19.5 Å². The number of fused-ring (bicyclic) bond motifs is 1. The number of aromatic nitrogens is 4. The monoisotopic (exact) mass is 282 g/mol. The van der Waals surface area contributed by atoms with Gasteiger partial charge in [-0.05, 0) is 6.42 Å². The fraction of sp³-hybridized carbons (Fsp3) is 0.545. The third-order valence-corrected chi connectivity index (χ3v) is 4.04. The van der Waals surface area contributed by atoms with Crippen LogP contribution < -0.4 is 0 Å². The van der Waals surface area contributed by atoms with Crippen LogP contribution in [0.25, 0.3) is 11.2 Å². The Balaban J connectivity index is 2.06. The van der Waals surface area contributed by atoms with Gasteiger partial charge in [-0.25, -0.2) is 9.97 Å². The molecule has 19 heavy (non-hydrogen) atoms. The number of hydrogen-bond donors (Lipinski definition) is 4. The maximum Gasteiger partial charge on any atom is 0.157 e. The molecule has 4 atom stereocenters. The van der Waals surface area contributed by atoms with Crippen molar-refractivity contribution in [3.05, 3.63) is 17.3 Å². The van der Waals surface area contributed by atoms with Crippen LogP contribution in [0.5, 0.6) is 0 Å². The number of aromatic amines is 1. The molecule has 3 rings (SSSR count). The lowest BCUT2D eigenvalue weighted by molar-refractivity contribution is -0.00370. The zero-order valence-corrected chi connectivity index (χ0v) is 10.8. The summed E-state index contributed by atoms with van der Waals surface area (Å²) >= 11 is 5.08. The Morgan fingerprint density at radius 3 is 2.84 bits per heavy atom. The molecule has 0 aromatic carbocycles. The van der Waals surface area contributed by atoms with E-state index in [4.69, 9.17) is 12.2 Å². The molecule has 0 bridgehead atoms. The molecule has 0 aliphatic heterocycles. The van der Waals surface area contributed by atoms with E-state index in [9.17, 15) is 15.3 Å². The molecule has 1 aliphatic carbocycles. The minimum Gasteiger partial charge on any atom is -0.396 e. The molecule has 0 unspecified atom stereocenters. The first-order valence-electron chi connectivity index (χ1n) is 6.00. The van der Waals surface area contributed by atoms with E-state index in [1.54, 1.807) is 10.9 Å². The van der Waals surface area contributed by atoms with Gasteiger partial charge in [0.15, 0.2) is 4.64 Å². The average molecular weight is 282 g/mol. The van der Waals surface area contributed by atoms with Crippen LogP contribution in [0.1, 0.15) is 12.5 Å². The molecule has 1 saturated carbocycles. The lowest BCUT2D eigenvalue weighted by atomic mass is 10.1. The molecule has 2 aromatic heterocycles. The van der Waals surface area contributed by atoms with Crippen LogP contribution in [0.4, 0.5) is 0 Å². The van der Waals surface area contributed by atoms with E-state index in [0.717, 1.165) is 0 Å². The molecule has 0 saturated heterocycles. The van der Waals surface area contributed by atoms with Gasteiger partial charge in [0.2, 0.25) is 0 Å². The van der Waals surface area contributed by atoms with Crippen molar-refractivity contribution in [3.8, 4) is 0 Å². The summed E-state index contributed by atoms with van der Waals surface area (Å²) in [7, 11) is 0. The summed E-state index contributed by atoms with van der Waals surface area (Å²) in [6.07, 6.45) is 1.65. The number of imidazole rings is 1. The minimum atomic E-state index is -0.940. The molecule has 0 spiro atoms. The molecule has 0 amide bonds. The predicted molar refractivity (Wildman–Crippen MR) is 69.0 cm³/mol. The van der Waals surface area contributed by atoms with Crippen LogP contribution in [0, 0.1) is 10.6 Å². The van der Waals surface area contributed by atoms with E-state index in [1.165, 1.54) is 6.33 Å². The Kier molecular flexibility index (Phi) is 3.09. The first kappa shape index (κ1) is 12.7. The Hall–Kier alpha value is -1.35. The fourth-order valence-electron chi connectivity index (χ4n) is 2.68. The zero-order chi connectivity index (χ0) is 13.6.